The maximum Gasteiger partial charge on any atom is 0.143 e. The SMILES string of the molecule is c1ccc(-c2cc3ccccc3c3c2oc2c(Cc4ccc(-c5cccc6ccccc56)cc4)cccc23)cc1. The summed E-state index contributed by atoms with van der Waals surface area (Å²) in [6.45, 7) is 0. The van der Waals surface area contributed by atoms with E-state index < -0.39 is 0 Å². The van der Waals surface area contributed by atoms with Gasteiger partial charge in [-0.05, 0) is 55.4 Å². The van der Waals surface area contributed by atoms with Gasteiger partial charge in [-0.1, -0.05) is 140 Å². The molecule has 0 N–H and O–H groups in total. The molecule has 188 valence electrons. The van der Waals surface area contributed by atoms with Gasteiger partial charge in [-0.15, -0.1) is 0 Å². The fraction of sp³-hybridized carbons (Fsp3) is 0.0256. The summed E-state index contributed by atoms with van der Waals surface area (Å²) in [4.78, 5) is 0. The Morgan fingerprint density at radius 3 is 1.93 bits per heavy atom. The highest BCUT2D eigenvalue weighted by Crippen LogP contribution is 2.42. The van der Waals surface area contributed by atoms with Crippen LogP contribution in [0.3, 0.4) is 0 Å². The zero-order valence-electron chi connectivity index (χ0n) is 22.0. The first-order chi connectivity index (χ1) is 19.8. The van der Waals surface area contributed by atoms with Gasteiger partial charge in [0.15, 0.2) is 0 Å². The van der Waals surface area contributed by atoms with Gasteiger partial charge in [-0.25, -0.2) is 0 Å². The van der Waals surface area contributed by atoms with E-state index in [1.807, 2.05) is 0 Å². The van der Waals surface area contributed by atoms with E-state index in [9.17, 15) is 0 Å². The molecule has 8 aromatic rings. The molecule has 0 amide bonds. The normalized spacial score (nSPS) is 11.6. The van der Waals surface area contributed by atoms with Crippen LogP contribution in [0.1, 0.15) is 11.1 Å². The average Bonchev–Trinajstić information content (AvgIpc) is 3.42. The summed E-state index contributed by atoms with van der Waals surface area (Å²) in [6.07, 6.45) is 0.811. The van der Waals surface area contributed by atoms with Gasteiger partial charge >= 0.3 is 0 Å². The Morgan fingerprint density at radius 1 is 0.425 bits per heavy atom. The molecule has 0 fully saturated rings. The fourth-order valence-electron chi connectivity index (χ4n) is 6.18. The van der Waals surface area contributed by atoms with Gasteiger partial charge in [0.2, 0.25) is 0 Å². The number of furan rings is 1. The third-order valence-corrected chi connectivity index (χ3v) is 8.11. The molecule has 40 heavy (non-hydrogen) atoms. The van der Waals surface area contributed by atoms with Crippen LogP contribution >= 0.6 is 0 Å². The second kappa shape index (κ2) is 9.25. The molecular formula is C39H26O. The molecule has 0 unspecified atom stereocenters. The number of hydrogen-bond donors (Lipinski definition) is 0. The lowest BCUT2D eigenvalue weighted by molar-refractivity contribution is 0.665. The molecule has 7 aromatic carbocycles. The Labute approximate surface area is 232 Å². The van der Waals surface area contributed by atoms with Crippen LogP contribution in [0.2, 0.25) is 0 Å². The molecule has 0 radical (unpaired) electrons. The number of hydrogen-bond acceptors (Lipinski definition) is 1. The minimum Gasteiger partial charge on any atom is -0.455 e. The van der Waals surface area contributed by atoms with Crippen molar-refractivity contribution in [3.8, 4) is 22.3 Å². The predicted molar refractivity (Wildman–Crippen MR) is 169 cm³/mol. The first-order valence-corrected chi connectivity index (χ1v) is 13.8. The molecule has 0 aliphatic rings. The number of fused-ring (bicyclic) bond motifs is 6. The van der Waals surface area contributed by atoms with E-state index in [1.54, 1.807) is 0 Å². The van der Waals surface area contributed by atoms with Crippen LogP contribution < -0.4 is 0 Å². The van der Waals surface area contributed by atoms with Crippen molar-refractivity contribution < 1.29 is 4.42 Å². The molecule has 0 aliphatic carbocycles. The lowest BCUT2D eigenvalue weighted by atomic mass is 9.95. The van der Waals surface area contributed by atoms with Crippen molar-refractivity contribution in [2.45, 2.75) is 6.42 Å². The molecule has 0 saturated heterocycles. The minimum atomic E-state index is 0.811. The quantitative estimate of drug-likeness (QED) is 0.229. The van der Waals surface area contributed by atoms with Crippen LogP contribution in [0.15, 0.2) is 150 Å². The Balaban J connectivity index is 1.25. The monoisotopic (exact) mass is 510 g/mol. The number of rotatable bonds is 4. The van der Waals surface area contributed by atoms with Crippen LogP contribution in [0.25, 0.3) is 65.7 Å². The minimum absolute atomic E-state index is 0.811. The summed E-state index contributed by atoms with van der Waals surface area (Å²) >= 11 is 0. The van der Waals surface area contributed by atoms with Crippen LogP contribution in [0.5, 0.6) is 0 Å². The second-order valence-electron chi connectivity index (χ2n) is 10.5. The Bertz CT molecular complexity index is 2160. The first kappa shape index (κ1) is 22.8. The van der Waals surface area contributed by atoms with Gasteiger partial charge in [-0.2, -0.15) is 0 Å². The van der Waals surface area contributed by atoms with Gasteiger partial charge in [0, 0.05) is 22.8 Å². The maximum absolute atomic E-state index is 6.79. The van der Waals surface area contributed by atoms with E-state index >= 15 is 0 Å². The van der Waals surface area contributed by atoms with Gasteiger partial charge in [0.1, 0.15) is 11.2 Å². The zero-order chi connectivity index (χ0) is 26.5. The van der Waals surface area contributed by atoms with Crippen molar-refractivity contribution >= 4 is 43.5 Å². The zero-order valence-corrected chi connectivity index (χ0v) is 22.0. The Kier molecular flexibility index (Phi) is 5.28. The van der Waals surface area contributed by atoms with Crippen LogP contribution in [0, 0.1) is 0 Å². The van der Waals surface area contributed by atoms with Crippen LogP contribution in [-0.2, 0) is 6.42 Å². The van der Waals surface area contributed by atoms with Gasteiger partial charge in [0.05, 0.1) is 0 Å². The molecule has 1 heterocycles. The molecular weight excluding hydrogens is 484 g/mol. The second-order valence-corrected chi connectivity index (χ2v) is 10.5. The summed E-state index contributed by atoms with van der Waals surface area (Å²) < 4.78 is 6.79. The molecule has 0 spiro atoms. The molecule has 8 rings (SSSR count). The Hall–Kier alpha value is -5.14. The highest BCUT2D eigenvalue weighted by atomic mass is 16.3. The Morgan fingerprint density at radius 2 is 1.07 bits per heavy atom. The smallest absolute Gasteiger partial charge is 0.143 e. The summed E-state index contributed by atoms with van der Waals surface area (Å²) in [7, 11) is 0. The summed E-state index contributed by atoms with van der Waals surface area (Å²) in [6, 6.07) is 52.1. The molecule has 0 bridgehead atoms. The van der Waals surface area contributed by atoms with E-state index in [2.05, 4.69) is 146 Å². The van der Waals surface area contributed by atoms with E-state index in [1.165, 1.54) is 60.1 Å². The maximum atomic E-state index is 6.79. The van der Waals surface area contributed by atoms with Gasteiger partial charge in [-0.3, -0.25) is 0 Å². The van der Waals surface area contributed by atoms with E-state index in [-0.39, 0.29) is 0 Å². The highest BCUT2D eigenvalue weighted by molar-refractivity contribution is 6.22. The van der Waals surface area contributed by atoms with E-state index in [4.69, 9.17) is 4.42 Å². The van der Waals surface area contributed by atoms with Crippen molar-refractivity contribution in [1.82, 2.24) is 0 Å². The first-order valence-electron chi connectivity index (χ1n) is 13.8. The molecule has 0 saturated carbocycles. The fourth-order valence-corrected chi connectivity index (χ4v) is 6.18. The van der Waals surface area contributed by atoms with E-state index in [0.717, 1.165) is 23.2 Å². The van der Waals surface area contributed by atoms with Gasteiger partial charge < -0.3 is 4.42 Å². The lowest BCUT2D eigenvalue weighted by Gasteiger charge is -2.08. The summed E-state index contributed by atoms with van der Waals surface area (Å²) in [5.41, 5.74) is 9.22. The summed E-state index contributed by atoms with van der Waals surface area (Å²) in [5, 5.41) is 7.38. The van der Waals surface area contributed by atoms with Crippen LogP contribution in [0.4, 0.5) is 0 Å². The van der Waals surface area contributed by atoms with Crippen molar-refractivity contribution in [1.29, 1.82) is 0 Å². The predicted octanol–water partition coefficient (Wildman–Crippen LogP) is 10.8. The largest absolute Gasteiger partial charge is 0.455 e. The van der Waals surface area contributed by atoms with Crippen LogP contribution in [-0.4, -0.2) is 0 Å². The molecule has 0 aliphatic heterocycles. The highest BCUT2D eigenvalue weighted by Gasteiger charge is 2.18. The topological polar surface area (TPSA) is 13.1 Å². The van der Waals surface area contributed by atoms with E-state index in [0.29, 0.717) is 0 Å². The average molecular weight is 511 g/mol. The van der Waals surface area contributed by atoms with Crippen molar-refractivity contribution in [2.75, 3.05) is 0 Å². The van der Waals surface area contributed by atoms with Crippen molar-refractivity contribution in [3.63, 3.8) is 0 Å². The third kappa shape index (κ3) is 3.71. The molecule has 1 nitrogen and oxygen atoms in total. The summed E-state index contributed by atoms with van der Waals surface area (Å²) in [5.74, 6) is 0. The van der Waals surface area contributed by atoms with Crippen molar-refractivity contribution in [2.24, 2.45) is 0 Å². The molecule has 0 atom stereocenters. The lowest BCUT2D eigenvalue weighted by Crippen LogP contribution is -1.89. The standard InChI is InChI=1S/C39H26O/c1-2-10-28(11-3-1)36-25-30-13-5-7-17-34(30)37-35-19-9-15-31(38(35)40-39(36)37)24-26-20-22-29(23-21-26)33-18-8-14-27-12-4-6-16-32(27)33/h1-23,25H,24H2. The van der Waals surface area contributed by atoms with Crippen molar-refractivity contribution in [3.05, 3.63) is 157 Å². The molecule has 1 heteroatoms. The third-order valence-electron chi connectivity index (χ3n) is 8.11. The van der Waals surface area contributed by atoms with Gasteiger partial charge in [0.25, 0.3) is 0 Å². The number of benzene rings is 7. The number of para-hydroxylation sites is 1. The molecule has 1 aromatic heterocycles.